The lowest BCUT2D eigenvalue weighted by Crippen LogP contribution is -1.94. The number of allylic oxidation sites excluding steroid dienone is 1. The number of phenolic OH excluding ortho intramolecular Hbond substituents is 1. The molecule has 0 aromatic heterocycles. The molecule has 21 heavy (non-hydrogen) atoms. The van der Waals surface area contributed by atoms with E-state index in [9.17, 15) is 20.0 Å². The van der Waals surface area contributed by atoms with Gasteiger partial charge in [-0.25, -0.2) is 0 Å². The summed E-state index contributed by atoms with van der Waals surface area (Å²) >= 11 is 0. The summed E-state index contributed by atoms with van der Waals surface area (Å²) in [6.45, 7) is 1.93. The highest BCUT2D eigenvalue weighted by Crippen LogP contribution is 2.26. The number of phenols is 1. The molecular weight excluding hydrogens is 270 g/mol. The van der Waals surface area contributed by atoms with Crippen LogP contribution in [0.3, 0.4) is 0 Å². The first-order valence-corrected chi connectivity index (χ1v) is 6.24. The average Bonchev–Trinajstić information content (AvgIpc) is 2.46. The highest BCUT2D eigenvalue weighted by Gasteiger charge is 2.12. The molecule has 0 saturated heterocycles. The fourth-order valence-corrected chi connectivity index (χ4v) is 1.78. The van der Waals surface area contributed by atoms with E-state index >= 15 is 0 Å². The Morgan fingerprint density at radius 2 is 1.86 bits per heavy atom. The number of benzene rings is 2. The number of nitro benzene ring substituents is 1. The van der Waals surface area contributed by atoms with Gasteiger partial charge in [0.25, 0.3) is 0 Å². The van der Waals surface area contributed by atoms with Crippen molar-refractivity contribution in [2.45, 2.75) is 6.92 Å². The van der Waals surface area contributed by atoms with Gasteiger partial charge in [-0.3, -0.25) is 14.9 Å². The van der Waals surface area contributed by atoms with Gasteiger partial charge in [0.1, 0.15) is 0 Å². The predicted octanol–water partition coefficient (Wildman–Crippen LogP) is 3.50. The standard InChI is InChI=1S/C16H13NO4/c1-11-2-6-13(7-3-11)15(18)8-4-12-5-9-16(19)14(10-12)17(20)21/h2-10,19H,1H3. The smallest absolute Gasteiger partial charge is 0.311 e. The number of nitrogens with zero attached hydrogens (tertiary/aromatic N) is 1. The summed E-state index contributed by atoms with van der Waals surface area (Å²) in [7, 11) is 0. The second kappa shape index (κ2) is 6.00. The molecule has 0 bridgehead atoms. The molecule has 0 saturated carbocycles. The molecule has 0 aliphatic carbocycles. The van der Waals surface area contributed by atoms with E-state index in [1.807, 2.05) is 19.1 Å². The largest absolute Gasteiger partial charge is 0.502 e. The van der Waals surface area contributed by atoms with Crippen LogP contribution >= 0.6 is 0 Å². The normalized spacial score (nSPS) is 10.7. The number of ketones is 1. The number of nitro groups is 1. The fourth-order valence-electron chi connectivity index (χ4n) is 1.78. The SMILES string of the molecule is Cc1ccc(C(=O)C=Cc2ccc(O)c([N+](=O)[O-])c2)cc1. The van der Waals surface area contributed by atoms with Crippen molar-refractivity contribution in [2.24, 2.45) is 0 Å². The van der Waals surface area contributed by atoms with Gasteiger partial charge in [0.2, 0.25) is 0 Å². The Balaban J connectivity index is 2.21. The number of hydrogen-bond donors (Lipinski definition) is 1. The zero-order valence-electron chi connectivity index (χ0n) is 11.3. The van der Waals surface area contributed by atoms with Crippen LogP contribution < -0.4 is 0 Å². The zero-order chi connectivity index (χ0) is 15.4. The van der Waals surface area contributed by atoms with Gasteiger partial charge in [0, 0.05) is 11.6 Å². The lowest BCUT2D eigenvalue weighted by atomic mass is 10.1. The number of aryl methyl sites for hydroxylation is 1. The van der Waals surface area contributed by atoms with Crippen LogP contribution in [-0.4, -0.2) is 15.8 Å². The maximum absolute atomic E-state index is 11.9. The molecule has 0 radical (unpaired) electrons. The van der Waals surface area contributed by atoms with Gasteiger partial charge < -0.3 is 5.11 Å². The van der Waals surface area contributed by atoms with E-state index in [0.717, 1.165) is 5.56 Å². The molecule has 0 aliphatic rings. The van der Waals surface area contributed by atoms with Gasteiger partial charge in [0.15, 0.2) is 11.5 Å². The van der Waals surface area contributed by atoms with Crippen LogP contribution in [0, 0.1) is 17.0 Å². The predicted molar refractivity (Wildman–Crippen MR) is 79.3 cm³/mol. The highest BCUT2D eigenvalue weighted by atomic mass is 16.6. The van der Waals surface area contributed by atoms with Crippen LogP contribution in [0.15, 0.2) is 48.5 Å². The highest BCUT2D eigenvalue weighted by molar-refractivity contribution is 6.06. The van der Waals surface area contributed by atoms with Crippen molar-refractivity contribution in [1.29, 1.82) is 0 Å². The summed E-state index contributed by atoms with van der Waals surface area (Å²) in [6.07, 6.45) is 2.83. The van der Waals surface area contributed by atoms with E-state index in [1.165, 1.54) is 30.4 Å². The van der Waals surface area contributed by atoms with E-state index < -0.39 is 10.7 Å². The summed E-state index contributed by atoms with van der Waals surface area (Å²) in [5.74, 6) is -0.590. The first kappa shape index (κ1) is 14.5. The fraction of sp³-hybridized carbons (Fsp3) is 0.0625. The minimum absolute atomic E-state index is 0.189. The number of carbonyl (C=O) groups excluding carboxylic acids is 1. The molecule has 0 unspecified atom stereocenters. The van der Waals surface area contributed by atoms with Crippen molar-refractivity contribution in [1.82, 2.24) is 0 Å². The molecule has 0 amide bonds. The van der Waals surface area contributed by atoms with Gasteiger partial charge in [-0.2, -0.15) is 0 Å². The van der Waals surface area contributed by atoms with Gasteiger partial charge in [-0.15, -0.1) is 0 Å². The first-order chi connectivity index (χ1) is 9.97. The summed E-state index contributed by atoms with van der Waals surface area (Å²) in [6, 6.07) is 11.1. The molecule has 2 rings (SSSR count). The Kier molecular flexibility index (Phi) is 4.13. The van der Waals surface area contributed by atoms with Crippen LogP contribution in [-0.2, 0) is 0 Å². The monoisotopic (exact) mass is 283 g/mol. The maximum atomic E-state index is 11.9. The molecule has 0 fully saturated rings. The van der Waals surface area contributed by atoms with E-state index in [0.29, 0.717) is 11.1 Å². The van der Waals surface area contributed by atoms with Crippen LogP contribution in [0.4, 0.5) is 5.69 Å². The second-order valence-electron chi connectivity index (χ2n) is 4.57. The summed E-state index contributed by atoms with van der Waals surface area (Å²) < 4.78 is 0. The number of aromatic hydroxyl groups is 1. The van der Waals surface area contributed by atoms with Crippen molar-refractivity contribution in [3.63, 3.8) is 0 Å². The Bertz CT molecular complexity index is 718. The Morgan fingerprint density at radius 1 is 1.19 bits per heavy atom. The molecule has 0 heterocycles. The number of hydrogen-bond acceptors (Lipinski definition) is 4. The van der Waals surface area contributed by atoms with Crippen LogP contribution in [0.25, 0.3) is 6.08 Å². The third-order valence-corrected chi connectivity index (χ3v) is 2.96. The zero-order valence-corrected chi connectivity index (χ0v) is 11.3. The van der Waals surface area contributed by atoms with Gasteiger partial charge >= 0.3 is 5.69 Å². The summed E-state index contributed by atoms with van der Waals surface area (Å²) in [5.41, 5.74) is 1.69. The maximum Gasteiger partial charge on any atom is 0.311 e. The van der Waals surface area contributed by atoms with Crippen molar-refractivity contribution in [3.05, 3.63) is 75.3 Å². The van der Waals surface area contributed by atoms with Crippen molar-refractivity contribution in [3.8, 4) is 5.75 Å². The molecule has 0 atom stereocenters. The minimum atomic E-state index is -0.672. The topological polar surface area (TPSA) is 80.4 Å². The molecular formula is C16H13NO4. The molecule has 106 valence electrons. The molecule has 5 nitrogen and oxygen atoms in total. The van der Waals surface area contributed by atoms with E-state index in [-0.39, 0.29) is 11.5 Å². The van der Waals surface area contributed by atoms with Crippen LogP contribution in [0.1, 0.15) is 21.5 Å². The minimum Gasteiger partial charge on any atom is -0.502 e. The Labute approximate surface area is 121 Å². The first-order valence-electron chi connectivity index (χ1n) is 6.24. The molecule has 2 aromatic rings. The van der Waals surface area contributed by atoms with E-state index in [2.05, 4.69) is 0 Å². The van der Waals surface area contributed by atoms with Crippen molar-refractivity contribution >= 4 is 17.5 Å². The Morgan fingerprint density at radius 3 is 2.48 bits per heavy atom. The molecule has 0 aliphatic heterocycles. The summed E-state index contributed by atoms with van der Waals surface area (Å²) in [4.78, 5) is 22.0. The lowest BCUT2D eigenvalue weighted by molar-refractivity contribution is -0.385. The van der Waals surface area contributed by atoms with Crippen LogP contribution in [0.2, 0.25) is 0 Å². The van der Waals surface area contributed by atoms with Gasteiger partial charge in [-0.05, 0) is 24.6 Å². The van der Waals surface area contributed by atoms with Gasteiger partial charge in [0.05, 0.1) is 4.92 Å². The molecule has 1 N–H and O–H groups in total. The van der Waals surface area contributed by atoms with E-state index in [1.54, 1.807) is 12.1 Å². The lowest BCUT2D eigenvalue weighted by Gasteiger charge is -1.98. The molecule has 2 aromatic carbocycles. The third-order valence-electron chi connectivity index (χ3n) is 2.96. The second-order valence-corrected chi connectivity index (χ2v) is 4.57. The average molecular weight is 283 g/mol. The Hall–Kier alpha value is -2.95. The van der Waals surface area contributed by atoms with Crippen molar-refractivity contribution in [2.75, 3.05) is 0 Å². The summed E-state index contributed by atoms with van der Waals surface area (Å²) in [5, 5.41) is 20.1. The molecule has 0 spiro atoms. The van der Waals surface area contributed by atoms with Crippen molar-refractivity contribution < 1.29 is 14.8 Å². The van der Waals surface area contributed by atoms with Crippen LogP contribution in [0.5, 0.6) is 5.75 Å². The number of carbonyl (C=O) groups is 1. The third kappa shape index (κ3) is 3.54. The quantitative estimate of drug-likeness (QED) is 0.403. The molecule has 5 heteroatoms. The number of rotatable bonds is 4. The van der Waals surface area contributed by atoms with E-state index in [4.69, 9.17) is 0 Å². The van der Waals surface area contributed by atoms with Gasteiger partial charge in [-0.1, -0.05) is 42.0 Å².